The number of anilines is 1. The fraction of sp³-hybridized carbons (Fsp3) is 0.600. The fourth-order valence-electron chi connectivity index (χ4n) is 0.932. The molecule has 0 aliphatic heterocycles. The van der Waals surface area contributed by atoms with Crippen LogP contribution in [0.5, 0.6) is 0 Å². The van der Waals surface area contributed by atoms with E-state index in [0.717, 1.165) is 11.3 Å². The fourth-order valence-corrected chi connectivity index (χ4v) is 0.932. The first-order valence-electron chi connectivity index (χ1n) is 4.83. The standard InChI is InChI=1S/C10H18N4/c1-6-5-12-10(13-8(6)3)14-9(4)7(2)11/h5,7,9H,11H2,1-4H3,(H,12,13,14). The Labute approximate surface area is 85.0 Å². The third-order valence-electron chi connectivity index (χ3n) is 2.37. The van der Waals surface area contributed by atoms with Crippen molar-refractivity contribution in [2.24, 2.45) is 5.73 Å². The zero-order valence-electron chi connectivity index (χ0n) is 9.20. The molecule has 3 N–H and O–H groups in total. The molecule has 0 aliphatic carbocycles. The second-order valence-corrected chi connectivity index (χ2v) is 3.75. The number of hydrogen-bond donors (Lipinski definition) is 2. The summed E-state index contributed by atoms with van der Waals surface area (Å²) in [6, 6.07) is 0.261. The normalized spacial score (nSPS) is 14.9. The van der Waals surface area contributed by atoms with Gasteiger partial charge in [-0.2, -0.15) is 0 Å². The number of aryl methyl sites for hydroxylation is 2. The van der Waals surface area contributed by atoms with Gasteiger partial charge in [-0.05, 0) is 33.3 Å². The SMILES string of the molecule is Cc1cnc(NC(C)C(C)N)nc1C. The van der Waals surface area contributed by atoms with Gasteiger partial charge in [-0.25, -0.2) is 9.97 Å². The van der Waals surface area contributed by atoms with E-state index in [0.29, 0.717) is 5.95 Å². The van der Waals surface area contributed by atoms with Crippen molar-refractivity contribution in [3.05, 3.63) is 17.5 Å². The van der Waals surface area contributed by atoms with Crippen LogP contribution in [-0.4, -0.2) is 22.1 Å². The van der Waals surface area contributed by atoms with Gasteiger partial charge in [0.25, 0.3) is 0 Å². The molecule has 4 heteroatoms. The van der Waals surface area contributed by atoms with Crippen LogP contribution in [-0.2, 0) is 0 Å². The number of rotatable bonds is 3. The number of hydrogen-bond acceptors (Lipinski definition) is 4. The van der Waals surface area contributed by atoms with E-state index in [1.807, 2.05) is 33.9 Å². The first-order chi connectivity index (χ1) is 6.50. The highest BCUT2D eigenvalue weighted by atomic mass is 15.1. The monoisotopic (exact) mass is 194 g/mol. The molecule has 0 aromatic carbocycles. The van der Waals surface area contributed by atoms with Crippen molar-refractivity contribution in [2.45, 2.75) is 39.8 Å². The second kappa shape index (κ2) is 4.37. The van der Waals surface area contributed by atoms with Gasteiger partial charge in [0.15, 0.2) is 0 Å². The highest BCUT2D eigenvalue weighted by Crippen LogP contribution is 2.06. The van der Waals surface area contributed by atoms with Gasteiger partial charge in [-0.3, -0.25) is 0 Å². The van der Waals surface area contributed by atoms with Crippen molar-refractivity contribution in [1.82, 2.24) is 9.97 Å². The van der Waals surface area contributed by atoms with Crippen LogP contribution in [0.3, 0.4) is 0 Å². The van der Waals surface area contributed by atoms with Crippen molar-refractivity contribution in [3.8, 4) is 0 Å². The molecule has 78 valence electrons. The summed E-state index contributed by atoms with van der Waals surface area (Å²) in [7, 11) is 0. The molecular formula is C10H18N4. The molecule has 1 heterocycles. The van der Waals surface area contributed by atoms with Gasteiger partial charge in [0, 0.05) is 24.0 Å². The minimum atomic E-state index is 0.0835. The summed E-state index contributed by atoms with van der Waals surface area (Å²) in [5.74, 6) is 0.651. The summed E-state index contributed by atoms with van der Waals surface area (Å²) in [5.41, 5.74) is 7.83. The van der Waals surface area contributed by atoms with E-state index in [1.165, 1.54) is 0 Å². The Morgan fingerprint density at radius 3 is 2.50 bits per heavy atom. The van der Waals surface area contributed by atoms with E-state index in [1.54, 1.807) is 0 Å². The highest BCUT2D eigenvalue weighted by molar-refractivity contribution is 5.29. The maximum atomic E-state index is 5.73. The van der Waals surface area contributed by atoms with Gasteiger partial charge in [-0.15, -0.1) is 0 Å². The number of nitrogens with one attached hydrogen (secondary N) is 1. The van der Waals surface area contributed by atoms with Crippen molar-refractivity contribution >= 4 is 5.95 Å². The van der Waals surface area contributed by atoms with Crippen LogP contribution in [0.1, 0.15) is 25.1 Å². The number of aromatic nitrogens is 2. The zero-order valence-corrected chi connectivity index (χ0v) is 9.20. The van der Waals surface area contributed by atoms with Gasteiger partial charge in [0.1, 0.15) is 0 Å². The lowest BCUT2D eigenvalue weighted by atomic mass is 10.2. The molecule has 0 saturated carbocycles. The van der Waals surface area contributed by atoms with Crippen molar-refractivity contribution in [2.75, 3.05) is 5.32 Å². The lowest BCUT2D eigenvalue weighted by Gasteiger charge is -2.17. The topological polar surface area (TPSA) is 63.8 Å². The van der Waals surface area contributed by atoms with E-state index < -0.39 is 0 Å². The van der Waals surface area contributed by atoms with Crippen LogP contribution in [0, 0.1) is 13.8 Å². The molecular weight excluding hydrogens is 176 g/mol. The van der Waals surface area contributed by atoms with Crippen LogP contribution < -0.4 is 11.1 Å². The van der Waals surface area contributed by atoms with E-state index in [2.05, 4.69) is 15.3 Å². The predicted molar refractivity (Wildman–Crippen MR) is 58.2 cm³/mol. The van der Waals surface area contributed by atoms with Crippen LogP contribution in [0.15, 0.2) is 6.20 Å². The Morgan fingerprint density at radius 2 is 2.00 bits per heavy atom. The lowest BCUT2D eigenvalue weighted by Crippen LogP contribution is -2.35. The van der Waals surface area contributed by atoms with E-state index in [-0.39, 0.29) is 12.1 Å². The summed E-state index contributed by atoms with van der Waals surface area (Å²) in [6.07, 6.45) is 1.82. The molecule has 1 aromatic heterocycles. The first-order valence-corrected chi connectivity index (χ1v) is 4.83. The van der Waals surface area contributed by atoms with Crippen LogP contribution in [0.25, 0.3) is 0 Å². The maximum Gasteiger partial charge on any atom is 0.223 e. The number of nitrogens with zero attached hydrogens (tertiary/aromatic N) is 2. The van der Waals surface area contributed by atoms with E-state index in [9.17, 15) is 0 Å². The van der Waals surface area contributed by atoms with Crippen molar-refractivity contribution < 1.29 is 0 Å². The smallest absolute Gasteiger partial charge is 0.223 e. The summed E-state index contributed by atoms with van der Waals surface area (Å²) in [6.45, 7) is 7.94. The van der Waals surface area contributed by atoms with Crippen LogP contribution in [0.4, 0.5) is 5.95 Å². The molecule has 4 nitrogen and oxygen atoms in total. The Balaban J connectivity index is 2.73. The predicted octanol–water partition coefficient (Wildman–Crippen LogP) is 1.24. The maximum absolute atomic E-state index is 5.73. The Kier molecular flexibility index (Phi) is 3.41. The molecule has 0 bridgehead atoms. The third-order valence-corrected chi connectivity index (χ3v) is 2.37. The summed E-state index contributed by atoms with van der Waals surface area (Å²) < 4.78 is 0. The van der Waals surface area contributed by atoms with Crippen molar-refractivity contribution in [3.63, 3.8) is 0 Å². The average molecular weight is 194 g/mol. The van der Waals surface area contributed by atoms with Gasteiger partial charge in [0.05, 0.1) is 0 Å². The quantitative estimate of drug-likeness (QED) is 0.760. The summed E-state index contributed by atoms with van der Waals surface area (Å²) in [5, 5.41) is 3.16. The first kappa shape index (κ1) is 10.9. The molecule has 2 unspecified atom stereocenters. The second-order valence-electron chi connectivity index (χ2n) is 3.75. The van der Waals surface area contributed by atoms with E-state index >= 15 is 0 Å². The Hall–Kier alpha value is -1.16. The largest absolute Gasteiger partial charge is 0.350 e. The average Bonchev–Trinajstić information content (AvgIpc) is 2.11. The molecule has 1 rings (SSSR count). The summed E-state index contributed by atoms with van der Waals surface area (Å²) >= 11 is 0. The minimum Gasteiger partial charge on any atom is -0.350 e. The summed E-state index contributed by atoms with van der Waals surface area (Å²) in [4.78, 5) is 8.50. The lowest BCUT2D eigenvalue weighted by molar-refractivity contribution is 0.632. The molecule has 2 atom stereocenters. The van der Waals surface area contributed by atoms with Crippen molar-refractivity contribution in [1.29, 1.82) is 0 Å². The van der Waals surface area contributed by atoms with Gasteiger partial charge in [0.2, 0.25) is 5.95 Å². The van der Waals surface area contributed by atoms with Gasteiger partial charge < -0.3 is 11.1 Å². The third kappa shape index (κ3) is 2.67. The Morgan fingerprint density at radius 1 is 1.36 bits per heavy atom. The van der Waals surface area contributed by atoms with Crippen LogP contribution >= 0.6 is 0 Å². The molecule has 14 heavy (non-hydrogen) atoms. The van der Waals surface area contributed by atoms with E-state index in [4.69, 9.17) is 5.73 Å². The molecule has 0 saturated heterocycles. The molecule has 0 aliphatic rings. The van der Waals surface area contributed by atoms with Gasteiger partial charge >= 0.3 is 0 Å². The zero-order chi connectivity index (χ0) is 10.7. The Bertz CT molecular complexity index is 309. The molecule has 0 fully saturated rings. The highest BCUT2D eigenvalue weighted by Gasteiger charge is 2.08. The molecule has 1 aromatic rings. The molecule has 0 amide bonds. The number of nitrogens with two attached hydrogens (primary N) is 1. The van der Waals surface area contributed by atoms with Crippen LogP contribution in [0.2, 0.25) is 0 Å². The minimum absolute atomic E-state index is 0.0835. The molecule has 0 spiro atoms. The van der Waals surface area contributed by atoms with Gasteiger partial charge in [-0.1, -0.05) is 0 Å². The molecule has 0 radical (unpaired) electrons.